The summed E-state index contributed by atoms with van der Waals surface area (Å²) < 4.78 is 11.4. The van der Waals surface area contributed by atoms with E-state index < -0.39 is 0 Å². The number of morpholine rings is 1. The highest BCUT2D eigenvalue weighted by molar-refractivity contribution is 7.16. The molecule has 33 heavy (non-hydrogen) atoms. The zero-order valence-electron chi connectivity index (χ0n) is 19.9. The fourth-order valence-electron chi connectivity index (χ4n) is 4.61. The first-order chi connectivity index (χ1) is 15.9. The van der Waals surface area contributed by atoms with Crippen molar-refractivity contribution in [1.29, 1.82) is 0 Å². The van der Waals surface area contributed by atoms with E-state index >= 15 is 0 Å². The van der Waals surface area contributed by atoms with Crippen LogP contribution in [0.4, 0.5) is 5.00 Å². The van der Waals surface area contributed by atoms with Gasteiger partial charge in [0.05, 0.1) is 25.4 Å². The largest absolute Gasteiger partial charge is 0.497 e. The number of carbonyl (C=O) groups is 1. The summed E-state index contributed by atoms with van der Waals surface area (Å²) in [4.78, 5) is 16.7. The number of nitrogens with one attached hydrogen (secondary N) is 1. The van der Waals surface area contributed by atoms with Crippen LogP contribution in [-0.2, 0) is 4.74 Å². The molecule has 1 amide bonds. The van der Waals surface area contributed by atoms with Gasteiger partial charge in [-0.25, -0.2) is 0 Å². The van der Waals surface area contributed by atoms with Crippen LogP contribution in [0.1, 0.15) is 51.8 Å². The topological polar surface area (TPSA) is 50.8 Å². The summed E-state index contributed by atoms with van der Waals surface area (Å²) >= 11 is 1.65. The highest BCUT2D eigenvalue weighted by Gasteiger charge is 2.34. The Bertz CT molecular complexity index is 1080. The monoisotopic (exact) mass is 464 g/mol. The quantitative estimate of drug-likeness (QED) is 0.499. The second-order valence-corrected chi connectivity index (χ2v) is 9.96. The molecule has 174 valence electrons. The number of aryl methyl sites for hydroxylation is 1. The molecule has 1 aromatic heterocycles. The summed E-state index contributed by atoms with van der Waals surface area (Å²) in [5.41, 5.74) is 4.21. The Morgan fingerprint density at radius 3 is 2.30 bits per heavy atom. The summed E-state index contributed by atoms with van der Waals surface area (Å²) in [5.74, 6) is 0.743. The van der Waals surface area contributed by atoms with E-state index in [4.69, 9.17) is 9.47 Å². The van der Waals surface area contributed by atoms with E-state index in [0.717, 1.165) is 29.4 Å². The second kappa shape index (κ2) is 10.1. The van der Waals surface area contributed by atoms with Crippen LogP contribution in [0, 0.1) is 13.8 Å². The van der Waals surface area contributed by atoms with Crippen LogP contribution in [0.5, 0.6) is 5.75 Å². The Labute approximate surface area is 200 Å². The highest BCUT2D eigenvalue weighted by Crippen LogP contribution is 2.43. The van der Waals surface area contributed by atoms with Gasteiger partial charge in [0.1, 0.15) is 10.8 Å². The number of anilines is 1. The number of amides is 1. The van der Waals surface area contributed by atoms with Gasteiger partial charge in [-0.2, -0.15) is 0 Å². The summed E-state index contributed by atoms with van der Waals surface area (Å²) in [6, 6.07) is 17.6. The summed E-state index contributed by atoms with van der Waals surface area (Å²) in [6.07, 6.45) is 0.272. The molecule has 0 saturated carbocycles. The van der Waals surface area contributed by atoms with Gasteiger partial charge in [-0.3, -0.25) is 9.69 Å². The third-order valence-corrected chi connectivity index (χ3v) is 7.35. The fourth-order valence-corrected chi connectivity index (χ4v) is 5.69. The third kappa shape index (κ3) is 5.13. The van der Waals surface area contributed by atoms with E-state index in [1.807, 2.05) is 42.5 Å². The fraction of sp³-hybridized carbons (Fsp3) is 0.370. The van der Waals surface area contributed by atoms with Crippen molar-refractivity contribution in [2.24, 2.45) is 0 Å². The van der Waals surface area contributed by atoms with Crippen molar-refractivity contribution < 1.29 is 14.3 Å². The molecule has 2 aromatic carbocycles. The van der Waals surface area contributed by atoms with Crippen molar-refractivity contribution in [3.05, 3.63) is 81.7 Å². The molecule has 0 aliphatic carbocycles. The molecule has 5 nitrogen and oxygen atoms in total. The van der Waals surface area contributed by atoms with E-state index in [9.17, 15) is 4.79 Å². The van der Waals surface area contributed by atoms with Crippen molar-refractivity contribution in [3.63, 3.8) is 0 Å². The number of thiophene rings is 1. The van der Waals surface area contributed by atoms with Gasteiger partial charge in [0.15, 0.2) is 0 Å². The third-order valence-electron chi connectivity index (χ3n) is 6.21. The summed E-state index contributed by atoms with van der Waals surface area (Å²) in [5, 5.41) is 4.13. The molecular formula is C27H32N2O3S. The zero-order chi connectivity index (χ0) is 23.5. The van der Waals surface area contributed by atoms with Crippen molar-refractivity contribution in [1.82, 2.24) is 4.90 Å². The Morgan fingerprint density at radius 1 is 1.06 bits per heavy atom. The molecule has 0 unspecified atom stereocenters. The number of nitrogens with zero attached hydrogens (tertiary/aromatic N) is 1. The van der Waals surface area contributed by atoms with Crippen molar-refractivity contribution in [3.8, 4) is 5.75 Å². The number of rotatable bonds is 6. The van der Waals surface area contributed by atoms with E-state index in [2.05, 4.69) is 50.0 Å². The van der Waals surface area contributed by atoms with Crippen molar-refractivity contribution in [2.75, 3.05) is 25.5 Å². The maximum absolute atomic E-state index is 13.1. The first-order valence-corrected chi connectivity index (χ1v) is 12.2. The van der Waals surface area contributed by atoms with E-state index in [1.54, 1.807) is 18.4 Å². The number of ether oxygens (including phenoxy) is 2. The molecule has 4 rings (SSSR count). The van der Waals surface area contributed by atoms with Crippen LogP contribution in [-0.4, -0.2) is 43.2 Å². The molecule has 2 heterocycles. The minimum absolute atomic E-state index is 0.000675. The van der Waals surface area contributed by atoms with Crippen LogP contribution < -0.4 is 10.1 Å². The van der Waals surface area contributed by atoms with E-state index in [0.29, 0.717) is 5.56 Å². The van der Waals surface area contributed by atoms with Gasteiger partial charge < -0.3 is 14.8 Å². The number of methoxy groups -OCH3 is 1. The van der Waals surface area contributed by atoms with Gasteiger partial charge in [-0.1, -0.05) is 30.3 Å². The molecule has 3 atom stereocenters. The Kier molecular flexibility index (Phi) is 7.17. The molecule has 6 heteroatoms. The predicted molar refractivity (Wildman–Crippen MR) is 135 cm³/mol. The lowest BCUT2D eigenvalue weighted by Crippen LogP contribution is -2.47. The van der Waals surface area contributed by atoms with Gasteiger partial charge in [0.2, 0.25) is 0 Å². The number of hydrogen-bond acceptors (Lipinski definition) is 5. The molecule has 1 fully saturated rings. The Balaban J connectivity index is 1.78. The Morgan fingerprint density at radius 2 is 1.70 bits per heavy atom. The summed E-state index contributed by atoms with van der Waals surface area (Å²) in [7, 11) is 1.68. The van der Waals surface area contributed by atoms with Gasteiger partial charge in [-0.05, 0) is 63.1 Å². The molecule has 1 aliphatic heterocycles. The van der Waals surface area contributed by atoms with E-state index in [1.165, 1.54) is 16.0 Å². The summed E-state index contributed by atoms with van der Waals surface area (Å²) in [6.45, 7) is 10.2. The maximum atomic E-state index is 13.1. The predicted octanol–water partition coefficient (Wildman–Crippen LogP) is 5.82. The lowest BCUT2D eigenvalue weighted by molar-refractivity contribution is -0.0765. The molecular weight excluding hydrogens is 432 g/mol. The number of carbonyl (C=O) groups excluding carboxylic acids is 1. The van der Waals surface area contributed by atoms with Gasteiger partial charge >= 0.3 is 0 Å². The SMILES string of the molecule is COc1ccc([C@H](c2c(NC(=O)c3ccccc3)sc(C)c2C)N2C[C@H](C)O[C@@H](C)C2)cc1. The zero-order valence-corrected chi connectivity index (χ0v) is 20.7. The van der Waals surface area contributed by atoms with Crippen LogP contribution >= 0.6 is 11.3 Å². The first kappa shape index (κ1) is 23.5. The Hall–Kier alpha value is -2.67. The molecule has 0 spiro atoms. The highest BCUT2D eigenvalue weighted by atomic mass is 32.1. The number of benzene rings is 2. The average molecular weight is 465 g/mol. The minimum atomic E-state index is -0.0877. The average Bonchev–Trinajstić information content (AvgIpc) is 3.07. The van der Waals surface area contributed by atoms with E-state index in [-0.39, 0.29) is 24.2 Å². The van der Waals surface area contributed by atoms with Crippen LogP contribution in [0.15, 0.2) is 54.6 Å². The second-order valence-electron chi connectivity index (χ2n) is 8.73. The van der Waals surface area contributed by atoms with Crippen LogP contribution in [0.2, 0.25) is 0 Å². The molecule has 0 bridgehead atoms. The van der Waals surface area contributed by atoms with Crippen molar-refractivity contribution >= 4 is 22.2 Å². The smallest absolute Gasteiger partial charge is 0.256 e. The van der Waals surface area contributed by atoms with Gasteiger partial charge in [0.25, 0.3) is 5.91 Å². The molecule has 1 aliphatic rings. The first-order valence-electron chi connectivity index (χ1n) is 11.4. The molecule has 1 saturated heterocycles. The van der Waals surface area contributed by atoms with Gasteiger partial charge in [0, 0.05) is 29.1 Å². The van der Waals surface area contributed by atoms with Gasteiger partial charge in [-0.15, -0.1) is 11.3 Å². The minimum Gasteiger partial charge on any atom is -0.497 e. The lowest BCUT2D eigenvalue weighted by Gasteiger charge is -2.41. The standard InChI is InChI=1S/C27H32N2O3S/c1-17-15-29(16-18(2)32-17)25(21-11-13-23(31-5)14-12-21)24-19(3)20(4)33-27(24)28-26(30)22-9-7-6-8-10-22/h6-14,17-18,25H,15-16H2,1-5H3,(H,28,30)/t17-,18-,25+/m0/s1. The molecule has 1 N–H and O–H groups in total. The van der Waals surface area contributed by atoms with Crippen LogP contribution in [0.3, 0.4) is 0 Å². The maximum Gasteiger partial charge on any atom is 0.256 e. The van der Waals surface area contributed by atoms with Crippen LogP contribution in [0.25, 0.3) is 0 Å². The number of hydrogen-bond donors (Lipinski definition) is 1. The lowest BCUT2D eigenvalue weighted by atomic mass is 9.93. The molecule has 0 radical (unpaired) electrons. The normalized spacial score (nSPS) is 19.8. The van der Waals surface area contributed by atoms with Crippen molar-refractivity contribution in [2.45, 2.75) is 45.9 Å². The molecule has 3 aromatic rings.